The predicted octanol–water partition coefficient (Wildman–Crippen LogP) is 2.05. The van der Waals surface area contributed by atoms with E-state index in [9.17, 15) is 12.8 Å². The number of imidazole rings is 1. The summed E-state index contributed by atoms with van der Waals surface area (Å²) in [4.78, 5) is 4.27. The fourth-order valence-corrected chi connectivity index (χ4v) is 4.27. The molecule has 0 amide bonds. The second-order valence-corrected chi connectivity index (χ2v) is 8.10. The van der Waals surface area contributed by atoms with Crippen molar-refractivity contribution in [3.8, 4) is 0 Å². The SMILES string of the molecule is CN(C[C@@H]1CCc2nccn2C1)S(=O)(=O)Cc1ccccc1F. The molecule has 23 heavy (non-hydrogen) atoms. The Morgan fingerprint density at radius 3 is 2.96 bits per heavy atom. The molecule has 0 bridgehead atoms. The molecule has 1 aromatic carbocycles. The third-order valence-electron chi connectivity index (χ3n) is 4.32. The zero-order chi connectivity index (χ0) is 16.4. The standard InChI is InChI=1S/C16H20FN3O2S/c1-19(10-13-6-7-16-18-8-9-20(16)11-13)23(21,22)12-14-4-2-3-5-15(14)17/h2-5,8-9,13H,6-7,10-12H2,1H3/t13-/m0/s1. The summed E-state index contributed by atoms with van der Waals surface area (Å²) < 4.78 is 42.0. The summed E-state index contributed by atoms with van der Waals surface area (Å²) in [7, 11) is -1.96. The summed E-state index contributed by atoms with van der Waals surface area (Å²) in [5, 5.41) is 0. The lowest BCUT2D eigenvalue weighted by Crippen LogP contribution is -2.36. The minimum absolute atomic E-state index is 0.208. The van der Waals surface area contributed by atoms with E-state index < -0.39 is 15.8 Å². The zero-order valence-corrected chi connectivity index (χ0v) is 13.8. The zero-order valence-electron chi connectivity index (χ0n) is 13.0. The number of nitrogens with zero attached hydrogens (tertiary/aromatic N) is 3. The molecule has 0 spiro atoms. The van der Waals surface area contributed by atoms with Gasteiger partial charge in [-0.2, -0.15) is 0 Å². The molecule has 1 aromatic heterocycles. The fraction of sp³-hybridized carbons (Fsp3) is 0.438. The number of aryl methyl sites for hydroxylation is 1. The lowest BCUT2D eigenvalue weighted by Gasteiger charge is -2.27. The molecule has 0 saturated carbocycles. The first-order valence-corrected chi connectivity index (χ1v) is 9.24. The molecule has 5 nitrogen and oxygen atoms in total. The van der Waals surface area contributed by atoms with E-state index in [1.807, 2.05) is 6.20 Å². The van der Waals surface area contributed by atoms with Gasteiger partial charge in [-0.25, -0.2) is 22.1 Å². The third-order valence-corrected chi connectivity index (χ3v) is 6.09. The van der Waals surface area contributed by atoms with Gasteiger partial charge in [-0.3, -0.25) is 0 Å². The van der Waals surface area contributed by atoms with Gasteiger partial charge >= 0.3 is 0 Å². The van der Waals surface area contributed by atoms with Crippen molar-refractivity contribution in [3.63, 3.8) is 0 Å². The number of aromatic nitrogens is 2. The van der Waals surface area contributed by atoms with Gasteiger partial charge in [-0.1, -0.05) is 18.2 Å². The Balaban J connectivity index is 1.65. The van der Waals surface area contributed by atoms with E-state index in [1.165, 1.54) is 16.4 Å². The molecular weight excluding hydrogens is 317 g/mol. The fourth-order valence-electron chi connectivity index (χ4n) is 2.99. The molecule has 3 rings (SSSR count). The van der Waals surface area contributed by atoms with Crippen LogP contribution in [0.3, 0.4) is 0 Å². The van der Waals surface area contributed by atoms with Crippen LogP contribution in [0.15, 0.2) is 36.7 Å². The van der Waals surface area contributed by atoms with Crippen LogP contribution < -0.4 is 0 Å². The lowest BCUT2D eigenvalue weighted by atomic mass is 10.00. The monoisotopic (exact) mass is 337 g/mol. The first-order chi connectivity index (χ1) is 11.0. The number of rotatable bonds is 5. The number of hydrogen-bond donors (Lipinski definition) is 0. The molecule has 0 saturated heterocycles. The summed E-state index contributed by atoms with van der Waals surface area (Å²) in [6, 6.07) is 6.00. The molecule has 7 heteroatoms. The van der Waals surface area contributed by atoms with Gasteiger partial charge in [0, 0.05) is 44.5 Å². The van der Waals surface area contributed by atoms with Crippen molar-refractivity contribution in [1.29, 1.82) is 0 Å². The van der Waals surface area contributed by atoms with Crippen LogP contribution >= 0.6 is 0 Å². The van der Waals surface area contributed by atoms with Crippen molar-refractivity contribution in [2.75, 3.05) is 13.6 Å². The van der Waals surface area contributed by atoms with Gasteiger partial charge in [-0.15, -0.1) is 0 Å². The molecule has 2 aromatic rings. The van der Waals surface area contributed by atoms with Gasteiger partial charge in [0.15, 0.2) is 0 Å². The van der Waals surface area contributed by atoms with Crippen LogP contribution in [0.25, 0.3) is 0 Å². The number of benzene rings is 1. The molecule has 2 heterocycles. The van der Waals surface area contributed by atoms with Gasteiger partial charge < -0.3 is 4.57 Å². The van der Waals surface area contributed by atoms with Crippen LogP contribution in [0.2, 0.25) is 0 Å². The number of halogens is 1. The minimum atomic E-state index is -3.53. The maximum atomic E-state index is 13.7. The Bertz CT molecular complexity index is 788. The van der Waals surface area contributed by atoms with Gasteiger partial charge in [0.2, 0.25) is 10.0 Å². The van der Waals surface area contributed by atoms with Gasteiger partial charge in [0.05, 0.1) is 5.75 Å². The van der Waals surface area contributed by atoms with Crippen molar-refractivity contribution < 1.29 is 12.8 Å². The van der Waals surface area contributed by atoms with Crippen LogP contribution in [0.4, 0.5) is 4.39 Å². The molecule has 124 valence electrons. The maximum absolute atomic E-state index is 13.7. The van der Waals surface area contributed by atoms with E-state index in [0.29, 0.717) is 6.54 Å². The van der Waals surface area contributed by atoms with E-state index in [-0.39, 0.29) is 17.2 Å². The van der Waals surface area contributed by atoms with Gasteiger partial charge in [0.25, 0.3) is 0 Å². The van der Waals surface area contributed by atoms with Crippen molar-refractivity contribution in [3.05, 3.63) is 53.9 Å². The van der Waals surface area contributed by atoms with Gasteiger partial charge in [-0.05, 0) is 18.4 Å². The summed E-state index contributed by atoms with van der Waals surface area (Å²) in [5.41, 5.74) is 0.208. The Labute approximate surface area is 135 Å². The Kier molecular flexibility index (Phi) is 4.50. The first kappa shape index (κ1) is 16.1. The molecular formula is C16H20FN3O2S. The first-order valence-electron chi connectivity index (χ1n) is 7.63. The molecule has 0 aliphatic carbocycles. The molecule has 0 radical (unpaired) electrons. The molecule has 0 fully saturated rings. The van der Waals surface area contributed by atoms with E-state index >= 15 is 0 Å². The average molecular weight is 337 g/mol. The van der Waals surface area contributed by atoms with Crippen LogP contribution in [0, 0.1) is 11.7 Å². The molecule has 1 atom stereocenters. The van der Waals surface area contributed by atoms with E-state index in [1.54, 1.807) is 25.4 Å². The van der Waals surface area contributed by atoms with Crippen molar-refractivity contribution >= 4 is 10.0 Å². The van der Waals surface area contributed by atoms with E-state index in [0.717, 1.165) is 25.2 Å². The van der Waals surface area contributed by atoms with Crippen LogP contribution in [0.1, 0.15) is 17.8 Å². The quantitative estimate of drug-likeness (QED) is 0.839. The second kappa shape index (κ2) is 6.41. The van der Waals surface area contributed by atoms with Crippen LogP contribution in [-0.2, 0) is 28.7 Å². The number of fused-ring (bicyclic) bond motifs is 1. The average Bonchev–Trinajstić information content (AvgIpc) is 2.97. The summed E-state index contributed by atoms with van der Waals surface area (Å²) in [6.45, 7) is 1.21. The highest BCUT2D eigenvalue weighted by molar-refractivity contribution is 7.88. The Morgan fingerprint density at radius 2 is 2.17 bits per heavy atom. The smallest absolute Gasteiger partial charge is 0.218 e. The summed E-state index contributed by atoms with van der Waals surface area (Å²) in [5.74, 6) is 0.513. The van der Waals surface area contributed by atoms with Crippen molar-refractivity contribution in [1.82, 2.24) is 13.9 Å². The number of sulfonamides is 1. The second-order valence-electron chi connectivity index (χ2n) is 6.03. The van der Waals surface area contributed by atoms with E-state index in [4.69, 9.17) is 0 Å². The van der Waals surface area contributed by atoms with Crippen LogP contribution in [-0.4, -0.2) is 35.9 Å². The largest absolute Gasteiger partial charge is 0.335 e. The third kappa shape index (κ3) is 3.61. The Hall–Kier alpha value is -1.73. The highest BCUT2D eigenvalue weighted by Gasteiger charge is 2.26. The topological polar surface area (TPSA) is 55.2 Å². The Morgan fingerprint density at radius 1 is 1.39 bits per heavy atom. The normalized spacial score (nSPS) is 18.1. The molecule has 1 aliphatic rings. The molecule has 1 aliphatic heterocycles. The maximum Gasteiger partial charge on any atom is 0.218 e. The van der Waals surface area contributed by atoms with Crippen molar-refractivity contribution in [2.45, 2.75) is 25.1 Å². The summed E-state index contributed by atoms with van der Waals surface area (Å²) in [6.07, 6.45) is 5.47. The van der Waals surface area contributed by atoms with Gasteiger partial charge in [0.1, 0.15) is 11.6 Å². The minimum Gasteiger partial charge on any atom is -0.335 e. The number of hydrogen-bond acceptors (Lipinski definition) is 3. The van der Waals surface area contributed by atoms with Crippen LogP contribution in [0.5, 0.6) is 0 Å². The lowest BCUT2D eigenvalue weighted by molar-refractivity contribution is 0.303. The highest BCUT2D eigenvalue weighted by Crippen LogP contribution is 2.21. The highest BCUT2D eigenvalue weighted by atomic mass is 32.2. The molecule has 0 unspecified atom stereocenters. The molecule has 0 N–H and O–H groups in total. The summed E-state index contributed by atoms with van der Waals surface area (Å²) >= 11 is 0. The van der Waals surface area contributed by atoms with E-state index in [2.05, 4.69) is 9.55 Å². The van der Waals surface area contributed by atoms with Crippen molar-refractivity contribution in [2.24, 2.45) is 5.92 Å². The predicted molar refractivity (Wildman–Crippen MR) is 85.7 cm³/mol.